The highest BCUT2D eigenvalue weighted by Crippen LogP contribution is 2.15. The summed E-state index contributed by atoms with van der Waals surface area (Å²) in [6.07, 6.45) is -0.0373. The number of aliphatic hydroxyl groups is 1. The van der Waals surface area contributed by atoms with Gasteiger partial charge in [0, 0.05) is 7.05 Å². The standard InChI is InChI=1S/C13H25NO4/c1-9(2)7-10(11(16)8-15)14(6)12(17)18-13(3,4)5/h9-10,15H,7-8H2,1-6H3/t10-/m0/s1. The van der Waals surface area contributed by atoms with Crippen LogP contribution in [0.2, 0.25) is 0 Å². The van der Waals surface area contributed by atoms with Crippen LogP contribution in [0.1, 0.15) is 41.0 Å². The van der Waals surface area contributed by atoms with Crippen LogP contribution in [0.3, 0.4) is 0 Å². The summed E-state index contributed by atoms with van der Waals surface area (Å²) in [5.74, 6) is -0.118. The topological polar surface area (TPSA) is 66.8 Å². The van der Waals surface area contributed by atoms with Gasteiger partial charge in [0.2, 0.25) is 0 Å². The molecule has 0 rings (SSSR count). The Labute approximate surface area is 109 Å². The van der Waals surface area contributed by atoms with Gasteiger partial charge in [-0.3, -0.25) is 4.79 Å². The molecule has 1 atom stereocenters. The highest BCUT2D eigenvalue weighted by atomic mass is 16.6. The summed E-state index contributed by atoms with van der Waals surface area (Å²) in [6, 6.07) is -0.634. The van der Waals surface area contributed by atoms with E-state index in [0.29, 0.717) is 6.42 Å². The third-order valence-corrected chi connectivity index (χ3v) is 2.37. The van der Waals surface area contributed by atoms with Crippen LogP contribution >= 0.6 is 0 Å². The number of carbonyl (C=O) groups excluding carboxylic acids is 2. The second kappa shape index (κ2) is 6.73. The first kappa shape index (κ1) is 16.9. The van der Waals surface area contributed by atoms with Crippen molar-refractivity contribution in [1.82, 2.24) is 4.90 Å². The molecule has 0 radical (unpaired) electrons. The Morgan fingerprint density at radius 3 is 2.11 bits per heavy atom. The fourth-order valence-corrected chi connectivity index (χ4v) is 1.52. The van der Waals surface area contributed by atoms with Crippen molar-refractivity contribution >= 4 is 11.9 Å². The molecule has 0 aromatic heterocycles. The quantitative estimate of drug-likeness (QED) is 0.818. The first-order valence-corrected chi connectivity index (χ1v) is 6.18. The van der Waals surface area contributed by atoms with Gasteiger partial charge in [0.05, 0.1) is 6.04 Å². The second-order valence-corrected chi connectivity index (χ2v) is 5.86. The molecule has 5 nitrogen and oxygen atoms in total. The van der Waals surface area contributed by atoms with Gasteiger partial charge in [0.25, 0.3) is 0 Å². The van der Waals surface area contributed by atoms with Gasteiger partial charge < -0.3 is 14.7 Å². The number of aliphatic hydroxyl groups excluding tert-OH is 1. The number of hydrogen-bond acceptors (Lipinski definition) is 4. The number of ether oxygens (including phenoxy) is 1. The minimum Gasteiger partial charge on any atom is -0.444 e. The van der Waals surface area contributed by atoms with E-state index in [2.05, 4.69) is 0 Å². The molecule has 0 bridgehead atoms. The molecular weight excluding hydrogens is 234 g/mol. The molecule has 0 saturated carbocycles. The lowest BCUT2D eigenvalue weighted by atomic mass is 9.99. The average molecular weight is 259 g/mol. The Hall–Kier alpha value is -1.10. The van der Waals surface area contributed by atoms with Crippen LogP contribution in [-0.4, -0.2) is 47.2 Å². The van der Waals surface area contributed by atoms with Gasteiger partial charge >= 0.3 is 6.09 Å². The molecule has 18 heavy (non-hydrogen) atoms. The lowest BCUT2D eigenvalue weighted by molar-refractivity contribution is -0.127. The molecule has 0 fully saturated rings. The van der Waals surface area contributed by atoms with Crippen molar-refractivity contribution in [3.05, 3.63) is 0 Å². The summed E-state index contributed by atoms with van der Waals surface area (Å²) >= 11 is 0. The van der Waals surface area contributed by atoms with Crippen molar-refractivity contribution in [3.8, 4) is 0 Å². The van der Waals surface area contributed by atoms with E-state index in [9.17, 15) is 9.59 Å². The van der Waals surface area contributed by atoms with E-state index in [4.69, 9.17) is 9.84 Å². The lowest BCUT2D eigenvalue weighted by Gasteiger charge is -2.30. The molecule has 0 aromatic rings. The van der Waals surface area contributed by atoms with Gasteiger partial charge in [-0.2, -0.15) is 0 Å². The largest absolute Gasteiger partial charge is 0.444 e. The van der Waals surface area contributed by atoms with Crippen LogP contribution in [0.5, 0.6) is 0 Å². The maximum absolute atomic E-state index is 11.9. The van der Waals surface area contributed by atoms with Crippen LogP contribution in [0.4, 0.5) is 4.79 Å². The molecule has 0 aromatic carbocycles. The van der Waals surface area contributed by atoms with E-state index in [1.807, 2.05) is 13.8 Å². The van der Waals surface area contributed by atoms with Crippen molar-refractivity contribution in [2.45, 2.75) is 52.7 Å². The molecule has 0 spiro atoms. The molecule has 5 heteroatoms. The van der Waals surface area contributed by atoms with E-state index < -0.39 is 24.3 Å². The van der Waals surface area contributed by atoms with Gasteiger partial charge in [0.15, 0.2) is 5.78 Å². The fourth-order valence-electron chi connectivity index (χ4n) is 1.52. The summed E-state index contributed by atoms with van der Waals surface area (Å²) in [4.78, 5) is 24.8. The van der Waals surface area contributed by atoms with E-state index in [-0.39, 0.29) is 11.7 Å². The molecular formula is C13H25NO4. The number of likely N-dealkylation sites (N-methyl/N-ethyl adjacent to an activating group) is 1. The smallest absolute Gasteiger partial charge is 0.410 e. The Bertz CT molecular complexity index is 294. The highest BCUT2D eigenvalue weighted by molar-refractivity contribution is 5.88. The zero-order valence-electron chi connectivity index (χ0n) is 12.2. The SMILES string of the molecule is CC(C)C[C@@H](C(=O)CO)N(C)C(=O)OC(C)(C)C. The normalized spacial score (nSPS) is 13.3. The van der Waals surface area contributed by atoms with Gasteiger partial charge in [-0.15, -0.1) is 0 Å². The van der Waals surface area contributed by atoms with E-state index in [1.54, 1.807) is 20.8 Å². The van der Waals surface area contributed by atoms with E-state index in [1.165, 1.54) is 11.9 Å². The number of ketones is 1. The summed E-state index contributed by atoms with van der Waals surface area (Å²) < 4.78 is 5.21. The summed E-state index contributed by atoms with van der Waals surface area (Å²) in [5, 5.41) is 8.95. The molecule has 106 valence electrons. The Balaban J connectivity index is 4.79. The van der Waals surface area contributed by atoms with Crippen molar-refractivity contribution in [2.75, 3.05) is 13.7 Å². The Morgan fingerprint density at radius 1 is 1.28 bits per heavy atom. The van der Waals surface area contributed by atoms with Crippen molar-refractivity contribution in [2.24, 2.45) is 5.92 Å². The molecule has 1 N–H and O–H groups in total. The molecule has 1 amide bonds. The number of amides is 1. The van der Waals surface area contributed by atoms with Gasteiger partial charge in [0.1, 0.15) is 12.2 Å². The second-order valence-electron chi connectivity index (χ2n) is 5.86. The highest BCUT2D eigenvalue weighted by Gasteiger charge is 2.30. The predicted molar refractivity (Wildman–Crippen MR) is 69.3 cm³/mol. The Morgan fingerprint density at radius 2 is 1.78 bits per heavy atom. The summed E-state index contributed by atoms with van der Waals surface area (Å²) in [6.45, 7) is 8.66. The molecule has 0 saturated heterocycles. The molecule has 0 unspecified atom stereocenters. The van der Waals surface area contributed by atoms with Crippen LogP contribution in [0.15, 0.2) is 0 Å². The maximum atomic E-state index is 11.9. The zero-order chi connectivity index (χ0) is 14.5. The number of rotatable bonds is 5. The monoisotopic (exact) mass is 259 g/mol. The number of Topliss-reactive ketones (excluding diaryl/α,β-unsaturated/α-hetero) is 1. The van der Waals surface area contributed by atoms with Crippen LogP contribution in [0.25, 0.3) is 0 Å². The van der Waals surface area contributed by atoms with Gasteiger partial charge in [-0.05, 0) is 33.1 Å². The van der Waals surface area contributed by atoms with Crippen LogP contribution in [0, 0.1) is 5.92 Å². The minimum atomic E-state index is -0.634. The zero-order valence-corrected chi connectivity index (χ0v) is 12.2. The minimum absolute atomic E-state index is 0.246. The third kappa shape index (κ3) is 6.00. The molecule has 0 aliphatic carbocycles. The Kier molecular flexibility index (Phi) is 6.32. The van der Waals surface area contributed by atoms with Gasteiger partial charge in [-0.1, -0.05) is 13.8 Å². The summed E-state index contributed by atoms with van der Waals surface area (Å²) in [7, 11) is 1.52. The average Bonchev–Trinajstić information content (AvgIpc) is 2.21. The predicted octanol–water partition coefficient (Wildman–Crippen LogP) is 1.83. The van der Waals surface area contributed by atoms with Crippen molar-refractivity contribution in [1.29, 1.82) is 0 Å². The molecule has 0 aliphatic heterocycles. The molecule has 0 heterocycles. The number of nitrogens with zero attached hydrogens (tertiary/aromatic N) is 1. The van der Waals surface area contributed by atoms with Gasteiger partial charge in [-0.25, -0.2) is 4.79 Å². The number of carbonyl (C=O) groups is 2. The van der Waals surface area contributed by atoms with Crippen LogP contribution < -0.4 is 0 Å². The first-order chi connectivity index (χ1) is 8.08. The van der Waals surface area contributed by atoms with Crippen molar-refractivity contribution in [3.63, 3.8) is 0 Å². The van der Waals surface area contributed by atoms with E-state index >= 15 is 0 Å². The fraction of sp³-hybridized carbons (Fsp3) is 0.846. The third-order valence-electron chi connectivity index (χ3n) is 2.37. The molecule has 0 aliphatic rings. The van der Waals surface area contributed by atoms with Crippen LogP contribution in [-0.2, 0) is 9.53 Å². The summed E-state index contributed by atoms with van der Waals surface area (Å²) in [5.41, 5.74) is -0.601. The first-order valence-electron chi connectivity index (χ1n) is 6.18. The maximum Gasteiger partial charge on any atom is 0.410 e. The van der Waals surface area contributed by atoms with E-state index in [0.717, 1.165) is 0 Å². The lowest BCUT2D eigenvalue weighted by Crippen LogP contribution is -2.46. The van der Waals surface area contributed by atoms with Crippen molar-refractivity contribution < 1.29 is 19.4 Å². The number of hydrogen-bond donors (Lipinski definition) is 1.